The van der Waals surface area contributed by atoms with E-state index in [1.54, 1.807) is 19.5 Å². The van der Waals surface area contributed by atoms with Crippen molar-refractivity contribution >= 4 is 0 Å². The molecular weight excluding hydrogens is 376 g/mol. The zero-order chi connectivity index (χ0) is 21.2. The minimum atomic E-state index is 0.345. The number of aromatic nitrogens is 2. The van der Waals surface area contributed by atoms with Gasteiger partial charge in [-0.15, -0.1) is 0 Å². The van der Waals surface area contributed by atoms with E-state index >= 15 is 0 Å². The van der Waals surface area contributed by atoms with Crippen molar-refractivity contribution in [1.82, 2.24) is 20.2 Å². The van der Waals surface area contributed by atoms with Gasteiger partial charge >= 0.3 is 0 Å². The quantitative estimate of drug-likeness (QED) is 0.508. The van der Waals surface area contributed by atoms with E-state index in [1.165, 1.54) is 0 Å². The number of hydrogen-bond donors (Lipinski definition) is 2. The molecule has 0 unspecified atom stereocenters. The number of pyridine rings is 2. The zero-order valence-corrected chi connectivity index (χ0v) is 17.7. The van der Waals surface area contributed by atoms with E-state index in [4.69, 9.17) is 4.74 Å². The topological polar surface area (TPSA) is 70.5 Å². The predicted octanol–water partition coefficient (Wildman–Crippen LogP) is 3.43. The fraction of sp³-hybridized carbons (Fsp3) is 0.333. The number of rotatable bonds is 11. The first-order valence-electron chi connectivity index (χ1n) is 10.2. The molecule has 0 amide bonds. The van der Waals surface area contributed by atoms with Crippen LogP contribution in [0.3, 0.4) is 0 Å². The first kappa shape index (κ1) is 21.9. The highest BCUT2D eigenvalue weighted by Gasteiger charge is 2.14. The maximum absolute atomic E-state index is 10.9. The van der Waals surface area contributed by atoms with Crippen LogP contribution in [0.1, 0.15) is 28.1 Å². The monoisotopic (exact) mass is 406 g/mol. The number of methoxy groups -OCH3 is 1. The molecule has 2 N–H and O–H groups in total. The van der Waals surface area contributed by atoms with Crippen LogP contribution in [-0.4, -0.2) is 40.2 Å². The number of phenols is 1. The number of benzene rings is 1. The molecule has 0 saturated carbocycles. The molecule has 3 rings (SSSR count). The average molecular weight is 407 g/mol. The van der Waals surface area contributed by atoms with Crippen LogP contribution in [0, 0.1) is 6.92 Å². The van der Waals surface area contributed by atoms with Crippen molar-refractivity contribution in [1.29, 1.82) is 0 Å². The number of aromatic hydroxyl groups is 1. The molecule has 0 radical (unpaired) electrons. The van der Waals surface area contributed by atoms with Crippen LogP contribution in [0.15, 0.2) is 60.9 Å². The number of nitrogens with zero attached hydrogens (tertiary/aromatic N) is 3. The molecule has 0 bridgehead atoms. The van der Waals surface area contributed by atoms with Gasteiger partial charge in [0.2, 0.25) is 0 Å². The third-order valence-electron chi connectivity index (χ3n) is 4.88. The van der Waals surface area contributed by atoms with E-state index in [2.05, 4.69) is 33.2 Å². The van der Waals surface area contributed by atoms with Gasteiger partial charge in [-0.1, -0.05) is 29.8 Å². The number of phenolic OH excluding ortho intramolecular Hbond substituents is 1. The molecule has 0 spiro atoms. The summed E-state index contributed by atoms with van der Waals surface area (Å²) in [5.41, 5.74) is 4.91. The van der Waals surface area contributed by atoms with E-state index in [9.17, 15) is 5.11 Å². The molecule has 2 aromatic heterocycles. The van der Waals surface area contributed by atoms with Crippen LogP contribution in [0.2, 0.25) is 0 Å². The number of nitrogens with one attached hydrogen (secondary N) is 1. The zero-order valence-electron chi connectivity index (χ0n) is 17.7. The normalized spacial score (nSPS) is 11.2. The molecule has 0 fully saturated rings. The van der Waals surface area contributed by atoms with Gasteiger partial charge in [-0.05, 0) is 31.2 Å². The van der Waals surface area contributed by atoms with Crippen LogP contribution in [0.4, 0.5) is 0 Å². The molecule has 6 heteroatoms. The first-order chi connectivity index (χ1) is 14.7. The summed E-state index contributed by atoms with van der Waals surface area (Å²) in [5.74, 6) is 0.345. The van der Waals surface area contributed by atoms with Crippen LogP contribution in [0.5, 0.6) is 5.75 Å². The average Bonchev–Trinajstić information content (AvgIpc) is 2.76. The van der Waals surface area contributed by atoms with Gasteiger partial charge in [0.15, 0.2) is 0 Å². The van der Waals surface area contributed by atoms with Gasteiger partial charge in [-0.3, -0.25) is 14.9 Å². The van der Waals surface area contributed by atoms with E-state index in [0.29, 0.717) is 38.5 Å². The fourth-order valence-electron chi connectivity index (χ4n) is 3.41. The minimum Gasteiger partial charge on any atom is -0.507 e. The van der Waals surface area contributed by atoms with Crippen LogP contribution in [-0.2, 0) is 30.9 Å². The predicted molar refractivity (Wildman–Crippen MR) is 118 cm³/mol. The van der Waals surface area contributed by atoms with Crippen molar-refractivity contribution in [2.24, 2.45) is 0 Å². The summed E-state index contributed by atoms with van der Waals surface area (Å²) in [6.45, 7) is 6.00. The Balaban J connectivity index is 1.69. The van der Waals surface area contributed by atoms with Gasteiger partial charge in [0.25, 0.3) is 0 Å². The summed E-state index contributed by atoms with van der Waals surface area (Å²) >= 11 is 0. The van der Waals surface area contributed by atoms with E-state index in [0.717, 1.165) is 34.6 Å². The fourth-order valence-corrected chi connectivity index (χ4v) is 3.41. The summed E-state index contributed by atoms with van der Waals surface area (Å²) in [5, 5.41) is 14.3. The Morgan fingerprint density at radius 3 is 2.30 bits per heavy atom. The molecule has 2 heterocycles. The Morgan fingerprint density at radius 2 is 1.63 bits per heavy atom. The Kier molecular flexibility index (Phi) is 8.32. The highest BCUT2D eigenvalue weighted by Crippen LogP contribution is 2.26. The van der Waals surface area contributed by atoms with Crippen LogP contribution >= 0.6 is 0 Å². The van der Waals surface area contributed by atoms with Crippen molar-refractivity contribution in [3.05, 3.63) is 89.0 Å². The lowest BCUT2D eigenvalue weighted by atomic mass is 10.0. The molecule has 6 nitrogen and oxygen atoms in total. The van der Waals surface area contributed by atoms with E-state index in [1.807, 2.05) is 42.5 Å². The molecule has 0 saturated heterocycles. The minimum absolute atomic E-state index is 0.345. The van der Waals surface area contributed by atoms with Gasteiger partial charge in [0.05, 0.1) is 18.0 Å². The molecule has 0 aliphatic rings. The van der Waals surface area contributed by atoms with E-state index in [-0.39, 0.29) is 0 Å². The van der Waals surface area contributed by atoms with Crippen molar-refractivity contribution in [2.75, 3.05) is 20.3 Å². The van der Waals surface area contributed by atoms with Crippen LogP contribution in [0.25, 0.3) is 0 Å². The Bertz CT molecular complexity index is 904. The SMILES string of the molecule is COCCN(Cc1ccccn1)Cc1cc(C)cc(CNCc2ccccn2)c1O. The van der Waals surface area contributed by atoms with E-state index < -0.39 is 0 Å². The van der Waals surface area contributed by atoms with Crippen molar-refractivity contribution in [3.8, 4) is 5.75 Å². The summed E-state index contributed by atoms with van der Waals surface area (Å²) in [6, 6.07) is 15.9. The van der Waals surface area contributed by atoms with Crippen LogP contribution < -0.4 is 5.32 Å². The molecule has 1 aromatic carbocycles. The maximum Gasteiger partial charge on any atom is 0.124 e. The summed E-state index contributed by atoms with van der Waals surface area (Å²) in [4.78, 5) is 11.0. The first-order valence-corrected chi connectivity index (χ1v) is 10.2. The molecular formula is C24H30N4O2. The molecule has 0 aliphatic carbocycles. The number of hydrogen-bond acceptors (Lipinski definition) is 6. The van der Waals surface area contributed by atoms with Gasteiger partial charge in [0, 0.05) is 63.4 Å². The molecule has 3 aromatic rings. The number of aryl methyl sites for hydroxylation is 1. The highest BCUT2D eigenvalue weighted by molar-refractivity contribution is 5.43. The van der Waals surface area contributed by atoms with Gasteiger partial charge < -0.3 is 15.2 Å². The van der Waals surface area contributed by atoms with Crippen molar-refractivity contribution < 1.29 is 9.84 Å². The van der Waals surface area contributed by atoms with Gasteiger partial charge in [-0.25, -0.2) is 0 Å². The number of ether oxygens (including phenoxy) is 1. The summed E-state index contributed by atoms with van der Waals surface area (Å²) in [7, 11) is 1.70. The van der Waals surface area contributed by atoms with Crippen molar-refractivity contribution in [3.63, 3.8) is 0 Å². The lowest BCUT2D eigenvalue weighted by Gasteiger charge is -2.23. The molecule has 0 aliphatic heterocycles. The van der Waals surface area contributed by atoms with Gasteiger partial charge in [-0.2, -0.15) is 0 Å². The lowest BCUT2D eigenvalue weighted by molar-refractivity contribution is 0.138. The summed E-state index contributed by atoms with van der Waals surface area (Å²) < 4.78 is 5.28. The second kappa shape index (κ2) is 11.4. The highest BCUT2D eigenvalue weighted by atomic mass is 16.5. The maximum atomic E-state index is 10.9. The standard InChI is InChI=1S/C24H30N4O2/c1-19-13-20(15-25-16-22-7-3-5-9-26-22)24(29)21(14-19)17-28(11-12-30-2)18-23-8-4-6-10-27-23/h3-10,13-14,25,29H,11-12,15-18H2,1-2H3. The Morgan fingerprint density at radius 1 is 0.933 bits per heavy atom. The summed E-state index contributed by atoms with van der Waals surface area (Å²) in [6.07, 6.45) is 3.59. The van der Waals surface area contributed by atoms with Gasteiger partial charge in [0.1, 0.15) is 5.75 Å². The second-order valence-electron chi connectivity index (χ2n) is 7.38. The molecule has 158 valence electrons. The third kappa shape index (κ3) is 6.62. The third-order valence-corrected chi connectivity index (χ3v) is 4.88. The molecule has 30 heavy (non-hydrogen) atoms. The smallest absolute Gasteiger partial charge is 0.124 e. The lowest BCUT2D eigenvalue weighted by Crippen LogP contribution is -2.27. The second-order valence-corrected chi connectivity index (χ2v) is 7.38. The van der Waals surface area contributed by atoms with Crippen molar-refractivity contribution in [2.45, 2.75) is 33.1 Å². The Labute approximate surface area is 178 Å². The largest absolute Gasteiger partial charge is 0.507 e. The molecule has 0 atom stereocenters. The Hall–Kier alpha value is -2.80.